The van der Waals surface area contributed by atoms with Gasteiger partial charge in [0.15, 0.2) is 0 Å². The lowest BCUT2D eigenvalue weighted by Crippen LogP contribution is -2.17. The van der Waals surface area contributed by atoms with Crippen molar-refractivity contribution in [3.63, 3.8) is 0 Å². The molecule has 0 atom stereocenters. The SMILES string of the molecule is Cc1sc(C(=O)O)cc1CNCCCOCC(C)C. The van der Waals surface area contributed by atoms with E-state index in [1.54, 1.807) is 6.07 Å². The van der Waals surface area contributed by atoms with Gasteiger partial charge in [0, 0.05) is 24.6 Å². The van der Waals surface area contributed by atoms with Crippen molar-refractivity contribution in [3.8, 4) is 0 Å². The topological polar surface area (TPSA) is 58.6 Å². The van der Waals surface area contributed by atoms with Gasteiger partial charge in [-0.05, 0) is 37.4 Å². The average Bonchev–Trinajstić information content (AvgIpc) is 2.69. The molecule has 2 N–H and O–H groups in total. The number of nitrogens with one attached hydrogen (secondary N) is 1. The highest BCUT2D eigenvalue weighted by atomic mass is 32.1. The fourth-order valence-electron chi connectivity index (χ4n) is 1.64. The second-order valence-corrected chi connectivity index (χ2v) is 6.25. The number of carboxylic acids is 1. The summed E-state index contributed by atoms with van der Waals surface area (Å²) < 4.78 is 5.49. The van der Waals surface area contributed by atoms with Gasteiger partial charge in [-0.1, -0.05) is 13.8 Å². The third kappa shape index (κ3) is 6.18. The Balaban J connectivity index is 2.17. The Hall–Kier alpha value is -0.910. The average molecular weight is 285 g/mol. The number of aromatic carboxylic acids is 1. The van der Waals surface area contributed by atoms with Crippen molar-refractivity contribution < 1.29 is 14.6 Å². The molecular formula is C14H23NO3S. The van der Waals surface area contributed by atoms with E-state index in [1.807, 2.05) is 6.92 Å². The normalized spacial score (nSPS) is 11.2. The summed E-state index contributed by atoms with van der Waals surface area (Å²) in [6.45, 7) is 9.42. The van der Waals surface area contributed by atoms with Crippen LogP contribution < -0.4 is 5.32 Å². The molecule has 0 saturated heterocycles. The summed E-state index contributed by atoms with van der Waals surface area (Å²) >= 11 is 1.33. The van der Waals surface area contributed by atoms with Gasteiger partial charge in [0.1, 0.15) is 4.88 Å². The van der Waals surface area contributed by atoms with E-state index in [0.29, 0.717) is 10.8 Å². The molecule has 1 rings (SSSR count). The van der Waals surface area contributed by atoms with Crippen LogP contribution in [0.4, 0.5) is 0 Å². The van der Waals surface area contributed by atoms with E-state index < -0.39 is 5.97 Å². The van der Waals surface area contributed by atoms with Crippen molar-refractivity contribution >= 4 is 17.3 Å². The number of rotatable bonds is 9. The van der Waals surface area contributed by atoms with Gasteiger partial charge in [0.2, 0.25) is 0 Å². The van der Waals surface area contributed by atoms with Gasteiger partial charge in [-0.3, -0.25) is 0 Å². The summed E-state index contributed by atoms with van der Waals surface area (Å²) in [7, 11) is 0. The monoisotopic (exact) mass is 285 g/mol. The van der Waals surface area contributed by atoms with Crippen LogP contribution in [0.1, 0.15) is 40.4 Å². The van der Waals surface area contributed by atoms with Gasteiger partial charge in [-0.2, -0.15) is 0 Å². The summed E-state index contributed by atoms with van der Waals surface area (Å²) in [4.78, 5) is 12.3. The van der Waals surface area contributed by atoms with Crippen LogP contribution in [0.2, 0.25) is 0 Å². The minimum Gasteiger partial charge on any atom is -0.477 e. The van der Waals surface area contributed by atoms with Crippen LogP contribution in [0.15, 0.2) is 6.07 Å². The molecule has 0 aromatic carbocycles. The number of aryl methyl sites for hydroxylation is 1. The quantitative estimate of drug-likeness (QED) is 0.685. The van der Waals surface area contributed by atoms with Crippen molar-refractivity contribution in [2.75, 3.05) is 19.8 Å². The Morgan fingerprint density at radius 3 is 2.84 bits per heavy atom. The number of thiophene rings is 1. The molecule has 0 fully saturated rings. The molecule has 0 unspecified atom stereocenters. The fraction of sp³-hybridized carbons (Fsp3) is 0.643. The molecule has 0 bridgehead atoms. The van der Waals surface area contributed by atoms with Gasteiger partial charge in [-0.15, -0.1) is 11.3 Å². The smallest absolute Gasteiger partial charge is 0.345 e. The van der Waals surface area contributed by atoms with E-state index in [0.717, 1.165) is 43.2 Å². The fourth-order valence-corrected chi connectivity index (χ4v) is 2.52. The van der Waals surface area contributed by atoms with Crippen LogP contribution in [0.5, 0.6) is 0 Å². The molecule has 1 aromatic heterocycles. The number of hydrogen-bond acceptors (Lipinski definition) is 4. The summed E-state index contributed by atoms with van der Waals surface area (Å²) in [5.41, 5.74) is 1.07. The molecule has 0 spiro atoms. The highest BCUT2D eigenvalue weighted by Gasteiger charge is 2.10. The Kier molecular flexibility index (Phi) is 7.05. The van der Waals surface area contributed by atoms with Crippen molar-refractivity contribution in [1.29, 1.82) is 0 Å². The van der Waals surface area contributed by atoms with Crippen molar-refractivity contribution in [2.45, 2.75) is 33.7 Å². The summed E-state index contributed by atoms with van der Waals surface area (Å²) in [5, 5.41) is 12.2. The molecule has 1 heterocycles. The first-order valence-corrected chi connectivity index (χ1v) is 7.43. The first-order valence-electron chi connectivity index (χ1n) is 6.61. The third-order valence-electron chi connectivity index (χ3n) is 2.64. The maximum atomic E-state index is 10.8. The number of carbonyl (C=O) groups is 1. The third-order valence-corrected chi connectivity index (χ3v) is 3.72. The van der Waals surface area contributed by atoms with Crippen LogP contribution in [0.3, 0.4) is 0 Å². The Morgan fingerprint density at radius 2 is 2.26 bits per heavy atom. The maximum absolute atomic E-state index is 10.8. The zero-order chi connectivity index (χ0) is 14.3. The van der Waals surface area contributed by atoms with Gasteiger partial charge in [0.25, 0.3) is 0 Å². The Labute approximate surface area is 118 Å². The highest BCUT2D eigenvalue weighted by Crippen LogP contribution is 2.21. The lowest BCUT2D eigenvalue weighted by atomic mass is 10.2. The second kappa shape index (κ2) is 8.30. The summed E-state index contributed by atoms with van der Waals surface area (Å²) in [5.74, 6) is -0.266. The molecule has 0 amide bonds. The Bertz CT molecular complexity index is 401. The van der Waals surface area contributed by atoms with E-state index in [1.165, 1.54) is 11.3 Å². The number of ether oxygens (including phenoxy) is 1. The maximum Gasteiger partial charge on any atom is 0.345 e. The summed E-state index contributed by atoms with van der Waals surface area (Å²) in [6, 6.07) is 1.75. The van der Waals surface area contributed by atoms with Gasteiger partial charge in [0.05, 0.1) is 0 Å². The number of carboxylic acid groups (broad SMARTS) is 1. The molecule has 0 aliphatic carbocycles. The molecule has 19 heavy (non-hydrogen) atoms. The van der Waals surface area contributed by atoms with Crippen molar-refractivity contribution in [2.24, 2.45) is 5.92 Å². The largest absolute Gasteiger partial charge is 0.477 e. The first kappa shape index (κ1) is 16.1. The van der Waals surface area contributed by atoms with Crippen molar-refractivity contribution in [1.82, 2.24) is 5.32 Å². The molecule has 0 radical (unpaired) electrons. The minimum absolute atomic E-state index is 0.412. The van der Waals surface area contributed by atoms with Crippen molar-refractivity contribution in [3.05, 3.63) is 21.4 Å². The summed E-state index contributed by atoms with van der Waals surface area (Å²) in [6.07, 6.45) is 0.974. The van der Waals surface area contributed by atoms with Crippen LogP contribution in [-0.2, 0) is 11.3 Å². The zero-order valence-corrected chi connectivity index (χ0v) is 12.7. The molecular weight excluding hydrogens is 262 g/mol. The Morgan fingerprint density at radius 1 is 1.53 bits per heavy atom. The highest BCUT2D eigenvalue weighted by molar-refractivity contribution is 7.14. The van der Waals surface area contributed by atoms with E-state index in [-0.39, 0.29) is 0 Å². The standard InChI is InChI=1S/C14H23NO3S/c1-10(2)9-18-6-4-5-15-8-12-7-13(14(16)17)19-11(12)3/h7,10,15H,4-6,8-9H2,1-3H3,(H,16,17). The lowest BCUT2D eigenvalue weighted by Gasteiger charge is -2.07. The lowest BCUT2D eigenvalue weighted by molar-refractivity contribution is 0.0702. The van der Waals surface area contributed by atoms with Crippen LogP contribution in [0, 0.1) is 12.8 Å². The molecule has 0 aliphatic rings. The molecule has 0 aliphatic heterocycles. The molecule has 1 aromatic rings. The zero-order valence-electron chi connectivity index (χ0n) is 11.9. The van der Waals surface area contributed by atoms with Crippen LogP contribution >= 0.6 is 11.3 Å². The molecule has 5 heteroatoms. The minimum atomic E-state index is -0.846. The molecule has 0 saturated carbocycles. The van der Waals surface area contributed by atoms with E-state index in [9.17, 15) is 4.79 Å². The van der Waals surface area contributed by atoms with E-state index in [2.05, 4.69) is 19.2 Å². The van der Waals surface area contributed by atoms with E-state index >= 15 is 0 Å². The molecule has 4 nitrogen and oxygen atoms in total. The first-order chi connectivity index (χ1) is 9.00. The van der Waals surface area contributed by atoms with Gasteiger partial charge in [-0.25, -0.2) is 4.79 Å². The number of hydrogen-bond donors (Lipinski definition) is 2. The van der Waals surface area contributed by atoms with Gasteiger partial charge >= 0.3 is 5.97 Å². The predicted molar refractivity (Wildman–Crippen MR) is 78.0 cm³/mol. The van der Waals surface area contributed by atoms with Crippen LogP contribution in [-0.4, -0.2) is 30.8 Å². The van der Waals surface area contributed by atoms with Gasteiger partial charge < -0.3 is 15.2 Å². The van der Waals surface area contributed by atoms with E-state index in [4.69, 9.17) is 9.84 Å². The second-order valence-electron chi connectivity index (χ2n) is 5.00. The predicted octanol–water partition coefficient (Wildman–Crippen LogP) is 2.91. The van der Waals surface area contributed by atoms with Crippen LogP contribution in [0.25, 0.3) is 0 Å². The molecule has 108 valence electrons.